The summed E-state index contributed by atoms with van der Waals surface area (Å²) in [5, 5.41) is 5.30. The second kappa shape index (κ2) is 7.25. The topological polar surface area (TPSA) is 67.4 Å². The molecule has 1 aliphatic heterocycles. The number of halogens is 1. The third kappa shape index (κ3) is 4.00. The maximum Gasteiger partial charge on any atom is 0.338 e. The molecule has 3 atom stereocenters. The van der Waals surface area contributed by atoms with Crippen LogP contribution in [0.3, 0.4) is 0 Å². The van der Waals surface area contributed by atoms with E-state index in [0.29, 0.717) is 22.8 Å². The molecule has 2 N–H and O–H groups in total. The zero-order valence-corrected chi connectivity index (χ0v) is 14.5. The predicted octanol–water partition coefficient (Wildman–Crippen LogP) is 3.58. The summed E-state index contributed by atoms with van der Waals surface area (Å²) in [5.41, 5.74) is 1.27. The Bertz CT molecular complexity index is 716. The Morgan fingerprint density at radius 2 is 2.12 bits per heavy atom. The van der Waals surface area contributed by atoms with E-state index in [9.17, 15) is 14.0 Å². The van der Waals surface area contributed by atoms with Gasteiger partial charge in [0.2, 0.25) is 0 Å². The van der Waals surface area contributed by atoms with Crippen LogP contribution in [0.1, 0.15) is 51.1 Å². The van der Waals surface area contributed by atoms with Gasteiger partial charge in [-0.25, -0.2) is 14.0 Å². The Morgan fingerprint density at radius 3 is 2.84 bits per heavy atom. The number of carbonyl (C=O) groups is 2. The molecular weight excluding hydrogens is 323 g/mol. The van der Waals surface area contributed by atoms with E-state index in [1.54, 1.807) is 19.1 Å². The Balaban J connectivity index is 1.85. The van der Waals surface area contributed by atoms with Gasteiger partial charge in [0, 0.05) is 5.70 Å². The molecule has 5 nitrogen and oxygen atoms in total. The van der Waals surface area contributed by atoms with E-state index < -0.39 is 23.9 Å². The quantitative estimate of drug-likeness (QED) is 0.822. The molecule has 2 aliphatic rings. The van der Waals surface area contributed by atoms with E-state index in [0.717, 1.165) is 25.7 Å². The molecule has 1 fully saturated rings. The van der Waals surface area contributed by atoms with Gasteiger partial charge in [0.15, 0.2) is 0 Å². The van der Waals surface area contributed by atoms with Crippen LogP contribution in [0.15, 0.2) is 35.5 Å². The molecule has 25 heavy (non-hydrogen) atoms. The number of hydrogen-bond donors (Lipinski definition) is 2. The highest BCUT2D eigenvalue weighted by atomic mass is 19.1. The maximum atomic E-state index is 13.6. The summed E-state index contributed by atoms with van der Waals surface area (Å²) in [7, 11) is 0. The molecule has 1 heterocycles. The molecule has 1 aliphatic carbocycles. The van der Waals surface area contributed by atoms with Crippen molar-refractivity contribution in [2.75, 3.05) is 0 Å². The summed E-state index contributed by atoms with van der Waals surface area (Å²) in [6.07, 6.45) is 3.79. The largest absolute Gasteiger partial charge is 0.459 e. The molecule has 6 heteroatoms. The number of nitrogens with one attached hydrogen (secondary N) is 2. The van der Waals surface area contributed by atoms with Gasteiger partial charge >= 0.3 is 12.0 Å². The number of urea groups is 1. The van der Waals surface area contributed by atoms with E-state index in [2.05, 4.69) is 17.6 Å². The fourth-order valence-electron chi connectivity index (χ4n) is 3.60. The molecule has 1 saturated carbocycles. The Hall–Kier alpha value is -2.37. The van der Waals surface area contributed by atoms with Crippen LogP contribution < -0.4 is 10.6 Å². The SMILES string of the molecule is CC1=C(C(=O)OC2CCCC(C)C2)C(c2cccc(F)c2)NC(=O)N1. The minimum Gasteiger partial charge on any atom is -0.459 e. The number of amides is 2. The normalized spacial score (nSPS) is 26.7. The number of benzene rings is 1. The summed E-state index contributed by atoms with van der Waals surface area (Å²) in [4.78, 5) is 24.6. The van der Waals surface area contributed by atoms with Gasteiger partial charge in [0.25, 0.3) is 0 Å². The molecule has 3 rings (SSSR count). The third-order valence-electron chi connectivity index (χ3n) is 4.83. The summed E-state index contributed by atoms with van der Waals surface area (Å²) < 4.78 is 19.3. The van der Waals surface area contributed by atoms with Crippen LogP contribution >= 0.6 is 0 Å². The van der Waals surface area contributed by atoms with Gasteiger partial charge in [-0.1, -0.05) is 25.5 Å². The number of carbonyl (C=O) groups excluding carboxylic acids is 2. The highest BCUT2D eigenvalue weighted by Gasteiger charge is 2.34. The van der Waals surface area contributed by atoms with Crippen LogP contribution in [0.2, 0.25) is 0 Å². The van der Waals surface area contributed by atoms with Gasteiger partial charge in [-0.3, -0.25) is 0 Å². The number of ether oxygens (including phenoxy) is 1. The molecule has 0 radical (unpaired) electrons. The highest BCUT2D eigenvalue weighted by molar-refractivity contribution is 5.95. The zero-order chi connectivity index (χ0) is 18.0. The smallest absolute Gasteiger partial charge is 0.338 e. The lowest BCUT2D eigenvalue weighted by atomic mass is 9.88. The average Bonchev–Trinajstić information content (AvgIpc) is 2.54. The van der Waals surface area contributed by atoms with Crippen LogP contribution in [0.4, 0.5) is 9.18 Å². The number of rotatable bonds is 3. The van der Waals surface area contributed by atoms with Crippen molar-refractivity contribution in [2.24, 2.45) is 5.92 Å². The Kier molecular flexibility index (Phi) is 5.06. The van der Waals surface area contributed by atoms with Crippen molar-refractivity contribution in [3.8, 4) is 0 Å². The first-order valence-corrected chi connectivity index (χ1v) is 8.68. The third-order valence-corrected chi connectivity index (χ3v) is 4.83. The summed E-state index contributed by atoms with van der Waals surface area (Å²) in [5.74, 6) is -0.347. The molecule has 0 aromatic heterocycles. The lowest BCUT2D eigenvalue weighted by molar-refractivity contribution is -0.146. The molecule has 1 aromatic carbocycles. The van der Waals surface area contributed by atoms with E-state index in [-0.39, 0.29) is 6.10 Å². The van der Waals surface area contributed by atoms with Crippen LogP contribution in [0, 0.1) is 11.7 Å². The van der Waals surface area contributed by atoms with E-state index in [1.807, 2.05) is 0 Å². The van der Waals surface area contributed by atoms with Gasteiger partial charge in [0.1, 0.15) is 11.9 Å². The van der Waals surface area contributed by atoms with Gasteiger partial charge in [-0.15, -0.1) is 0 Å². The first kappa shape index (κ1) is 17.5. The molecule has 0 saturated heterocycles. The lowest BCUT2D eigenvalue weighted by Crippen LogP contribution is -2.45. The molecule has 1 aromatic rings. The van der Waals surface area contributed by atoms with Crippen molar-refractivity contribution in [1.29, 1.82) is 0 Å². The average molecular weight is 346 g/mol. The van der Waals surface area contributed by atoms with Crippen LogP contribution in [-0.4, -0.2) is 18.1 Å². The molecule has 2 amide bonds. The molecular formula is C19H23FN2O3. The first-order chi connectivity index (χ1) is 11.9. The predicted molar refractivity (Wildman–Crippen MR) is 91.0 cm³/mol. The highest BCUT2D eigenvalue weighted by Crippen LogP contribution is 2.31. The Morgan fingerprint density at radius 1 is 1.32 bits per heavy atom. The summed E-state index contributed by atoms with van der Waals surface area (Å²) in [6.45, 7) is 3.81. The zero-order valence-electron chi connectivity index (χ0n) is 14.5. The van der Waals surface area contributed by atoms with Gasteiger partial charge in [-0.05, 0) is 49.8 Å². The molecule has 134 valence electrons. The van der Waals surface area contributed by atoms with Crippen molar-refractivity contribution in [2.45, 2.75) is 51.7 Å². The van der Waals surface area contributed by atoms with Crippen molar-refractivity contribution in [3.63, 3.8) is 0 Å². The van der Waals surface area contributed by atoms with E-state index in [1.165, 1.54) is 12.1 Å². The number of allylic oxidation sites excluding steroid dienone is 1. The summed E-state index contributed by atoms with van der Waals surface area (Å²) >= 11 is 0. The number of hydrogen-bond acceptors (Lipinski definition) is 3. The minimum atomic E-state index is -0.724. The van der Waals surface area contributed by atoms with Crippen LogP contribution in [0.5, 0.6) is 0 Å². The van der Waals surface area contributed by atoms with Gasteiger partial charge < -0.3 is 15.4 Å². The van der Waals surface area contributed by atoms with Crippen molar-refractivity contribution >= 4 is 12.0 Å². The molecule has 3 unspecified atom stereocenters. The molecule has 0 bridgehead atoms. The Labute approximate surface area is 146 Å². The second-order valence-electron chi connectivity index (χ2n) is 6.92. The van der Waals surface area contributed by atoms with Crippen LogP contribution in [-0.2, 0) is 9.53 Å². The first-order valence-electron chi connectivity index (χ1n) is 8.68. The second-order valence-corrected chi connectivity index (χ2v) is 6.92. The van der Waals surface area contributed by atoms with Gasteiger partial charge in [0.05, 0.1) is 11.6 Å². The summed E-state index contributed by atoms with van der Waals surface area (Å²) in [6, 6.07) is 4.74. The van der Waals surface area contributed by atoms with Crippen molar-refractivity contribution in [1.82, 2.24) is 10.6 Å². The van der Waals surface area contributed by atoms with Crippen molar-refractivity contribution < 1.29 is 18.7 Å². The maximum absolute atomic E-state index is 13.6. The van der Waals surface area contributed by atoms with E-state index >= 15 is 0 Å². The minimum absolute atomic E-state index is 0.109. The van der Waals surface area contributed by atoms with Gasteiger partial charge in [-0.2, -0.15) is 0 Å². The van der Waals surface area contributed by atoms with Crippen LogP contribution in [0.25, 0.3) is 0 Å². The molecule has 0 spiro atoms. The monoisotopic (exact) mass is 346 g/mol. The van der Waals surface area contributed by atoms with E-state index in [4.69, 9.17) is 4.74 Å². The lowest BCUT2D eigenvalue weighted by Gasteiger charge is -2.31. The standard InChI is InChI=1S/C19H23FN2O3/c1-11-5-3-8-15(9-11)25-18(23)16-12(2)21-19(24)22-17(16)13-6-4-7-14(20)10-13/h4,6-7,10-11,15,17H,3,5,8-9H2,1-2H3,(H2,21,22,24). The number of esters is 1. The van der Waals surface area contributed by atoms with Crippen molar-refractivity contribution in [3.05, 3.63) is 46.9 Å². The fourth-order valence-corrected chi connectivity index (χ4v) is 3.60. The fraction of sp³-hybridized carbons (Fsp3) is 0.474.